The van der Waals surface area contributed by atoms with Crippen molar-refractivity contribution in [2.24, 2.45) is 0 Å². The van der Waals surface area contributed by atoms with Gasteiger partial charge in [-0.05, 0) is 42.3 Å². The molecule has 4 rings (SSSR count). The molecule has 0 aliphatic heterocycles. The van der Waals surface area contributed by atoms with Crippen LogP contribution in [0.15, 0.2) is 53.3 Å². The summed E-state index contributed by atoms with van der Waals surface area (Å²) in [6.07, 6.45) is -4.67. The van der Waals surface area contributed by atoms with Crippen LogP contribution in [-0.4, -0.2) is 27.0 Å². The first-order valence-electron chi connectivity index (χ1n) is 9.41. The van der Waals surface area contributed by atoms with Crippen LogP contribution >= 0.6 is 0 Å². The van der Waals surface area contributed by atoms with Gasteiger partial charge in [0.15, 0.2) is 17.2 Å². The fraction of sp³-hybridized carbons (Fsp3) is 0.227. The Kier molecular flexibility index (Phi) is 4.81. The smallest absolute Gasteiger partial charge is 0.419 e. The number of H-pyrrole nitrogens is 1. The second kappa shape index (κ2) is 7.12. The molecule has 1 heterocycles. The summed E-state index contributed by atoms with van der Waals surface area (Å²) in [5, 5.41) is 23.8. The number of anilines is 1. The fourth-order valence-corrected chi connectivity index (χ4v) is 4.06. The van der Waals surface area contributed by atoms with Crippen LogP contribution in [0.25, 0.3) is 16.5 Å². The molecule has 0 amide bonds. The number of pyridine rings is 1. The molecule has 0 saturated heterocycles. The number of allylic oxidation sites excluding steroid dienone is 1. The van der Waals surface area contributed by atoms with E-state index in [1.54, 1.807) is 6.07 Å². The zero-order valence-corrected chi connectivity index (χ0v) is 16.2. The number of phenols is 1. The maximum atomic E-state index is 14.8. The van der Waals surface area contributed by atoms with Crippen LogP contribution in [0.2, 0.25) is 0 Å². The van der Waals surface area contributed by atoms with E-state index in [1.165, 1.54) is 37.3 Å². The van der Waals surface area contributed by atoms with Gasteiger partial charge in [0.05, 0.1) is 11.6 Å². The third-order valence-corrected chi connectivity index (χ3v) is 5.63. The average molecular weight is 434 g/mol. The van der Waals surface area contributed by atoms with Crippen molar-refractivity contribution in [3.63, 3.8) is 0 Å². The van der Waals surface area contributed by atoms with E-state index in [2.05, 4.69) is 10.3 Å². The molecule has 1 aliphatic carbocycles. The van der Waals surface area contributed by atoms with Gasteiger partial charge in [-0.2, -0.15) is 13.2 Å². The molecule has 1 aromatic heterocycles. The van der Waals surface area contributed by atoms with E-state index in [1.807, 2.05) is 0 Å². The van der Waals surface area contributed by atoms with Gasteiger partial charge in [0.1, 0.15) is 0 Å². The summed E-state index contributed by atoms with van der Waals surface area (Å²) in [7, 11) is 0. The van der Waals surface area contributed by atoms with E-state index in [4.69, 9.17) is 0 Å². The lowest BCUT2D eigenvalue weighted by Crippen LogP contribution is -2.54. The number of rotatable bonds is 2. The summed E-state index contributed by atoms with van der Waals surface area (Å²) in [6, 6.07) is 7.64. The summed E-state index contributed by atoms with van der Waals surface area (Å²) in [4.78, 5) is 14.2. The normalized spacial score (nSPS) is 22.5. The van der Waals surface area contributed by atoms with Crippen LogP contribution < -0.4 is 10.9 Å². The van der Waals surface area contributed by atoms with Gasteiger partial charge in [0, 0.05) is 29.1 Å². The van der Waals surface area contributed by atoms with Crippen LogP contribution in [0.1, 0.15) is 30.5 Å². The van der Waals surface area contributed by atoms with E-state index in [9.17, 15) is 32.6 Å². The number of aromatic hydroxyl groups is 1. The molecule has 0 saturated carbocycles. The molecule has 0 bridgehead atoms. The van der Waals surface area contributed by atoms with Crippen LogP contribution in [0.3, 0.4) is 0 Å². The Morgan fingerprint density at radius 2 is 1.94 bits per heavy atom. The maximum Gasteiger partial charge on any atom is 0.419 e. The zero-order valence-electron chi connectivity index (χ0n) is 16.2. The van der Waals surface area contributed by atoms with Crippen LogP contribution in [0.5, 0.6) is 5.75 Å². The lowest BCUT2D eigenvalue weighted by molar-refractivity contribution is -0.265. The highest BCUT2D eigenvalue weighted by Gasteiger charge is 2.61. The Morgan fingerprint density at radius 1 is 1.19 bits per heavy atom. The van der Waals surface area contributed by atoms with Crippen molar-refractivity contribution in [3.05, 3.63) is 75.8 Å². The number of aromatic amines is 1. The number of phenolic OH excluding ortho intramolecular Hbond substituents is 1. The Morgan fingerprint density at radius 3 is 2.61 bits per heavy atom. The molecule has 5 nitrogen and oxygen atoms in total. The Bertz CT molecular complexity index is 1270. The highest BCUT2D eigenvalue weighted by atomic mass is 19.4. The van der Waals surface area contributed by atoms with E-state index in [0.29, 0.717) is 10.9 Å². The van der Waals surface area contributed by atoms with Gasteiger partial charge in [0.2, 0.25) is 5.56 Å². The number of fused-ring (bicyclic) bond motifs is 2. The average Bonchev–Trinajstić information content (AvgIpc) is 2.71. The van der Waals surface area contributed by atoms with Crippen LogP contribution in [0.4, 0.5) is 23.2 Å². The van der Waals surface area contributed by atoms with Gasteiger partial charge in [-0.1, -0.05) is 18.2 Å². The van der Waals surface area contributed by atoms with Crippen molar-refractivity contribution in [2.45, 2.75) is 31.2 Å². The van der Waals surface area contributed by atoms with Gasteiger partial charge in [-0.25, -0.2) is 4.39 Å². The summed E-state index contributed by atoms with van der Waals surface area (Å²) in [5.74, 6) is -1.75. The first kappa shape index (κ1) is 20.9. The third kappa shape index (κ3) is 3.25. The van der Waals surface area contributed by atoms with Crippen molar-refractivity contribution >= 4 is 22.2 Å². The number of aliphatic hydroxyl groups is 1. The molecule has 162 valence electrons. The quantitative estimate of drug-likeness (QED) is 0.443. The lowest BCUT2D eigenvalue weighted by Gasteiger charge is -2.44. The number of nitrogens with one attached hydrogen (secondary N) is 2. The summed E-state index contributed by atoms with van der Waals surface area (Å²) >= 11 is 0. The second-order valence-electron chi connectivity index (χ2n) is 7.44. The van der Waals surface area contributed by atoms with E-state index in [0.717, 1.165) is 12.1 Å². The molecule has 0 spiro atoms. The summed E-state index contributed by atoms with van der Waals surface area (Å²) < 4.78 is 57.1. The molecule has 3 aromatic rings. The van der Waals surface area contributed by atoms with Crippen molar-refractivity contribution in [2.75, 3.05) is 5.32 Å². The van der Waals surface area contributed by atoms with E-state index < -0.39 is 35.8 Å². The monoisotopic (exact) mass is 434 g/mol. The van der Waals surface area contributed by atoms with Crippen LogP contribution in [0, 0.1) is 5.82 Å². The SMILES string of the molecule is C/C=C1/CC(O)(C(F)(F)F)C(Nc2cccc3[nH]c(=O)ccc23)c2ccc(O)c(F)c21. The minimum absolute atomic E-state index is 0.0662. The summed E-state index contributed by atoms with van der Waals surface area (Å²) in [5.41, 5.74) is -3.42. The lowest BCUT2D eigenvalue weighted by atomic mass is 9.72. The predicted molar refractivity (Wildman–Crippen MR) is 108 cm³/mol. The molecular weight excluding hydrogens is 416 g/mol. The highest BCUT2D eigenvalue weighted by molar-refractivity contribution is 5.91. The first-order valence-corrected chi connectivity index (χ1v) is 9.41. The molecular formula is C22H18F4N2O3. The molecule has 2 atom stereocenters. The minimum atomic E-state index is -5.05. The van der Waals surface area contributed by atoms with Crippen molar-refractivity contribution in [3.8, 4) is 5.75 Å². The van der Waals surface area contributed by atoms with Gasteiger partial charge in [0.25, 0.3) is 0 Å². The number of hydrogen-bond acceptors (Lipinski definition) is 4. The molecule has 9 heteroatoms. The van der Waals surface area contributed by atoms with Crippen molar-refractivity contribution in [1.29, 1.82) is 0 Å². The number of halogens is 4. The van der Waals surface area contributed by atoms with Crippen molar-refractivity contribution in [1.82, 2.24) is 4.98 Å². The third-order valence-electron chi connectivity index (χ3n) is 5.63. The Balaban J connectivity index is 1.96. The molecule has 1 aliphatic rings. The number of hydrogen-bond donors (Lipinski definition) is 4. The number of benzene rings is 2. The Hall–Kier alpha value is -3.33. The van der Waals surface area contributed by atoms with Gasteiger partial charge < -0.3 is 20.5 Å². The fourth-order valence-electron chi connectivity index (χ4n) is 4.06. The van der Waals surface area contributed by atoms with Gasteiger partial charge in [-0.15, -0.1) is 0 Å². The highest BCUT2D eigenvalue weighted by Crippen LogP contribution is 2.53. The molecule has 0 fully saturated rings. The maximum absolute atomic E-state index is 14.8. The second-order valence-corrected chi connectivity index (χ2v) is 7.44. The van der Waals surface area contributed by atoms with Gasteiger partial charge in [-0.3, -0.25) is 4.79 Å². The van der Waals surface area contributed by atoms with Crippen LogP contribution in [-0.2, 0) is 0 Å². The Labute approximate surface area is 173 Å². The standard InChI is InChI=1S/C22H18F4N2O3/c1-2-11-10-21(31,22(24,25)26)20(13-6-8-16(29)19(23)18(11)13)28-15-5-3-4-14-12(15)7-9-17(30)27-14/h2-9,20,28-29,31H,10H2,1H3,(H,27,30)/b11-2-. The predicted octanol–water partition coefficient (Wildman–Crippen LogP) is 4.63. The number of aromatic nitrogens is 1. The molecule has 31 heavy (non-hydrogen) atoms. The van der Waals surface area contributed by atoms with E-state index in [-0.39, 0.29) is 27.9 Å². The molecule has 4 N–H and O–H groups in total. The van der Waals surface area contributed by atoms with Crippen molar-refractivity contribution < 1.29 is 27.8 Å². The first-order chi connectivity index (χ1) is 14.6. The molecule has 0 radical (unpaired) electrons. The summed E-state index contributed by atoms with van der Waals surface area (Å²) in [6.45, 7) is 1.44. The topological polar surface area (TPSA) is 85.4 Å². The minimum Gasteiger partial charge on any atom is -0.505 e. The van der Waals surface area contributed by atoms with Gasteiger partial charge >= 0.3 is 6.18 Å². The zero-order chi connectivity index (χ0) is 22.6. The molecule has 2 unspecified atom stereocenters. The van der Waals surface area contributed by atoms with E-state index >= 15 is 0 Å². The largest absolute Gasteiger partial charge is 0.505 e. The molecule has 2 aromatic carbocycles. The number of alkyl halides is 3.